The predicted octanol–water partition coefficient (Wildman–Crippen LogP) is 1.86. The summed E-state index contributed by atoms with van der Waals surface area (Å²) in [6, 6.07) is 9.89. The van der Waals surface area contributed by atoms with Crippen molar-refractivity contribution >= 4 is 5.91 Å². The fourth-order valence-electron chi connectivity index (χ4n) is 3.04. The number of nitrogens with one attached hydrogen (secondary N) is 2. The number of carbonyl (C=O) groups is 1. The summed E-state index contributed by atoms with van der Waals surface area (Å²) in [6.45, 7) is 3.52. The van der Waals surface area contributed by atoms with Crippen LogP contribution < -0.4 is 10.6 Å². The van der Waals surface area contributed by atoms with Crippen molar-refractivity contribution in [3.63, 3.8) is 0 Å². The number of nitrogens with zero attached hydrogens (tertiary/aromatic N) is 2. The van der Waals surface area contributed by atoms with Gasteiger partial charge in [-0.25, -0.2) is 0 Å². The van der Waals surface area contributed by atoms with Crippen molar-refractivity contribution in [1.82, 2.24) is 20.4 Å². The van der Waals surface area contributed by atoms with Crippen LogP contribution in [0.2, 0.25) is 0 Å². The maximum absolute atomic E-state index is 12.1. The van der Waals surface area contributed by atoms with E-state index >= 15 is 0 Å². The quantitative estimate of drug-likeness (QED) is 0.856. The van der Waals surface area contributed by atoms with Gasteiger partial charge < -0.3 is 10.6 Å². The van der Waals surface area contributed by atoms with E-state index in [2.05, 4.69) is 27.9 Å². The van der Waals surface area contributed by atoms with Crippen LogP contribution in [0.3, 0.4) is 0 Å². The number of amides is 1. The van der Waals surface area contributed by atoms with Crippen LogP contribution in [0.25, 0.3) is 0 Å². The molecule has 3 rings (SSSR count). The molecule has 1 aromatic heterocycles. The lowest BCUT2D eigenvalue weighted by molar-refractivity contribution is 0.0952. The number of hydrogen-bond acceptors (Lipinski definition) is 3. The Morgan fingerprint density at radius 2 is 2.22 bits per heavy atom. The lowest BCUT2D eigenvalue weighted by Gasteiger charge is -2.22. The minimum atomic E-state index is -0.0250. The van der Waals surface area contributed by atoms with E-state index in [1.165, 1.54) is 18.4 Å². The third kappa shape index (κ3) is 4.66. The first-order chi connectivity index (χ1) is 11.3. The molecule has 5 nitrogen and oxygen atoms in total. The van der Waals surface area contributed by atoms with E-state index in [9.17, 15) is 4.79 Å². The van der Waals surface area contributed by atoms with E-state index in [1.807, 2.05) is 29.1 Å². The number of rotatable bonds is 6. The Morgan fingerprint density at radius 3 is 2.91 bits per heavy atom. The van der Waals surface area contributed by atoms with Gasteiger partial charge in [-0.2, -0.15) is 5.10 Å². The van der Waals surface area contributed by atoms with E-state index < -0.39 is 0 Å². The highest BCUT2D eigenvalue weighted by atomic mass is 16.1. The lowest BCUT2D eigenvalue weighted by atomic mass is 9.92. The highest BCUT2D eigenvalue weighted by Gasteiger charge is 2.13. The van der Waals surface area contributed by atoms with Gasteiger partial charge in [-0.15, -0.1) is 0 Å². The highest BCUT2D eigenvalue weighted by Crippen LogP contribution is 2.16. The molecule has 1 aliphatic heterocycles. The smallest absolute Gasteiger partial charge is 0.251 e. The molecule has 0 spiro atoms. The molecular formula is C18H24N4O. The molecule has 1 aliphatic rings. The first kappa shape index (κ1) is 15.7. The molecule has 23 heavy (non-hydrogen) atoms. The van der Waals surface area contributed by atoms with Crippen molar-refractivity contribution in [3.8, 4) is 0 Å². The van der Waals surface area contributed by atoms with Crippen molar-refractivity contribution in [2.75, 3.05) is 19.6 Å². The summed E-state index contributed by atoms with van der Waals surface area (Å²) in [5.41, 5.74) is 2.03. The second kappa shape index (κ2) is 7.92. The molecule has 0 saturated carbocycles. The first-order valence-electron chi connectivity index (χ1n) is 8.36. The van der Waals surface area contributed by atoms with E-state index in [-0.39, 0.29) is 5.91 Å². The molecule has 1 atom stereocenters. The van der Waals surface area contributed by atoms with Crippen molar-refractivity contribution in [2.24, 2.45) is 5.92 Å². The van der Waals surface area contributed by atoms with E-state index in [4.69, 9.17) is 0 Å². The van der Waals surface area contributed by atoms with E-state index in [0.29, 0.717) is 13.1 Å². The standard InChI is InChI=1S/C18H24N4O/c23-18(20-10-12-22-11-2-9-21-22)17-6-4-15(5-7-17)13-16-3-1-8-19-14-16/h2,4-7,9,11,16,19H,1,3,8,10,12-14H2,(H,20,23)/t16-/m0/s1. The molecule has 122 valence electrons. The molecular weight excluding hydrogens is 288 g/mol. The van der Waals surface area contributed by atoms with Gasteiger partial charge in [0.05, 0.1) is 6.54 Å². The average Bonchev–Trinajstić information content (AvgIpc) is 3.10. The van der Waals surface area contributed by atoms with E-state index in [1.54, 1.807) is 6.20 Å². The zero-order valence-corrected chi connectivity index (χ0v) is 13.4. The molecule has 1 amide bonds. The third-order valence-corrected chi connectivity index (χ3v) is 4.33. The summed E-state index contributed by atoms with van der Waals surface area (Å²) < 4.78 is 1.81. The Balaban J connectivity index is 1.46. The summed E-state index contributed by atoms with van der Waals surface area (Å²) in [7, 11) is 0. The van der Waals surface area contributed by atoms with Gasteiger partial charge in [-0.3, -0.25) is 9.48 Å². The van der Waals surface area contributed by atoms with Gasteiger partial charge in [-0.1, -0.05) is 12.1 Å². The minimum absolute atomic E-state index is 0.0250. The maximum Gasteiger partial charge on any atom is 0.251 e. The van der Waals surface area contributed by atoms with Crippen molar-refractivity contribution in [3.05, 3.63) is 53.9 Å². The fraction of sp³-hybridized carbons (Fsp3) is 0.444. The Labute approximate surface area is 137 Å². The topological polar surface area (TPSA) is 59.0 Å². The van der Waals surface area contributed by atoms with Crippen LogP contribution in [-0.4, -0.2) is 35.3 Å². The summed E-state index contributed by atoms with van der Waals surface area (Å²) in [4.78, 5) is 12.1. The molecule has 2 heterocycles. The SMILES string of the molecule is O=C(NCCn1cccn1)c1ccc(C[C@@H]2CCCNC2)cc1. The largest absolute Gasteiger partial charge is 0.350 e. The Hall–Kier alpha value is -2.14. The van der Waals surface area contributed by atoms with Crippen LogP contribution in [0.1, 0.15) is 28.8 Å². The van der Waals surface area contributed by atoms with Gasteiger partial charge in [0, 0.05) is 24.5 Å². The number of benzene rings is 1. The summed E-state index contributed by atoms with van der Waals surface area (Å²) in [5, 5.41) is 10.5. The molecule has 1 fully saturated rings. The molecule has 0 radical (unpaired) electrons. The van der Waals surface area contributed by atoms with Crippen LogP contribution in [0, 0.1) is 5.92 Å². The molecule has 0 aliphatic carbocycles. The molecule has 0 bridgehead atoms. The summed E-state index contributed by atoms with van der Waals surface area (Å²) in [5.74, 6) is 0.695. The van der Waals surface area contributed by atoms with E-state index in [0.717, 1.165) is 31.0 Å². The highest BCUT2D eigenvalue weighted by molar-refractivity contribution is 5.94. The van der Waals surface area contributed by atoms with Gasteiger partial charge in [0.15, 0.2) is 0 Å². The molecule has 0 unspecified atom stereocenters. The second-order valence-electron chi connectivity index (χ2n) is 6.14. The van der Waals surface area contributed by atoms with Crippen LogP contribution >= 0.6 is 0 Å². The van der Waals surface area contributed by atoms with Crippen molar-refractivity contribution < 1.29 is 4.79 Å². The van der Waals surface area contributed by atoms with Gasteiger partial charge in [0.25, 0.3) is 5.91 Å². The number of piperidine rings is 1. The van der Waals surface area contributed by atoms with Gasteiger partial charge in [-0.05, 0) is 62.0 Å². The normalized spacial score (nSPS) is 17.8. The Morgan fingerprint density at radius 1 is 1.35 bits per heavy atom. The number of aromatic nitrogens is 2. The molecule has 2 aromatic rings. The Kier molecular flexibility index (Phi) is 5.42. The lowest BCUT2D eigenvalue weighted by Crippen LogP contribution is -2.30. The Bertz CT molecular complexity index is 600. The predicted molar refractivity (Wildman–Crippen MR) is 90.3 cm³/mol. The molecule has 2 N–H and O–H groups in total. The van der Waals surface area contributed by atoms with Gasteiger partial charge >= 0.3 is 0 Å². The minimum Gasteiger partial charge on any atom is -0.350 e. The molecule has 5 heteroatoms. The van der Waals surface area contributed by atoms with Crippen LogP contribution in [0.4, 0.5) is 0 Å². The third-order valence-electron chi connectivity index (χ3n) is 4.33. The van der Waals surface area contributed by atoms with Crippen LogP contribution in [-0.2, 0) is 13.0 Å². The fourth-order valence-corrected chi connectivity index (χ4v) is 3.04. The van der Waals surface area contributed by atoms with Gasteiger partial charge in [0.1, 0.15) is 0 Å². The average molecular weight is 312 g/mol. The zero-order chi connectivity index (χ0) is 15.9. The van der Waals surface area contributed by atoms with Crippen LogP contribution in [0.15, 0.2) is 42.7 Å². The van der Waals surface area contributed by atoms with Crippen molar-refractivity contribution in [2.45, 2.75) is 25.8 Å². The first-order valence-corrected chi connectivity index (χ1v) is 8.36. The molecule has 1 aromatic carbocycles. The van der Waals surface area contributed by atoms with Gasteiger partial charge in [0.2, 0.25) is 0 Å². The summed E-state index contributed by atoms with van der Waals surface area (Å²) in [6.07, 6.45) is 7.28. The molecule has 1 saturated heterocycles. The van der Waals surface area contributed by atoms with Crippen LogP contribution in [0.5, 0.6) is 0 Å². The zero-order valence-electron chi connectivity index (χ0n) is 13.4. The number of hydrogen-bond donors (Lipinski definition) is 2. The maximum atomic E-state index is 12.1. The second-order valence-corrected chi connectivity index (χ2v) is 6.14. The van der Waals surface area contributed by atoms with Crippen molar-refractivity contribution in [1.29, 1.82) is 0 Å². The summed E-state index contributed by atoms with van der Waals surface area (Å²) >= 11 is 0. The monoisotopic (exact) mass is 312 g/mol. The number of carbonyl (C=O) groups excluding carboxylic acids is 1.